The summed E-state index contributed by atoms with van der Waals surface area (Å²) < 4.78 is 6.28. The smallest absolute Gasteiger partial charge is 0.187 e. The largest absolute Gasteiger partial charge is 0.391 e. The molecular formula is C30H50O4Si. The second kappa shape index (κ2) is 8.92. The number of rotatable bonds is 7. The predicted molar refractivity (Wildman–Crippen MR) is 144 cm³/mol. The van der Waals surface area contributed by atoms with Crippen LogP contribution >= 0.6 is 0 Å². The lowest BCUT2D eigenvalue weighted by Crippen LogP contribution is -2.51. The Balaban J connectivity index is 1.52. The van der Waals surface area contributed by atoms with E-state index >= 15 is 0 Å². The van der Waals surface area contributed by atoms with Gasteiger partial charge in [0.15, 0.2) is 19.9 Å². The third-order valence-electron chi connectivity index (χ3n) is 10.4. The summed E-state index contributed by atoms with van der Waals surface area (Å²) in [5.74, 6) is 1.27. The fraction of sp³-hybridized carbons (Fsp3) is 0.833. The highest BCUT2D eigenvalue weighted by atomic mass is 28.4. The molecule has 0 bridgehead atoms. The summed E-state index contributed by atoms with van der Waals surface area (Å²) in [6.45, 7) is 17.0. The summed E-state index contributed by atoms with van der Waals surface area (Å²) in [6.07, 6.45) is 13.4. The van der Waals surface area contributed by atoms with Crippen molar-refractivity contribution in [1.82, 2.24) is 0 Å². The van der Waals surface area contributed by atoms with E-state index in [2.05, 4.69) is 52.6 Å². The Hall–Kier alpha value is -0.753. The van der Waals surface area contributed by atoms with E-state index in [1.54, 1.807) is 19.4 Å². The van der Waals surface area contributed by atoms with Crippen LogP contribution in [0.2, 0.25) is 19.6 Å². The first-order chi connectivity index (χ1) is 16.0. The van der Waals surface area contributed by atoms with Crippen molar-refractivity contribution >= 4 is 14.1 Å². The van der Waals surface area contributed by atoms with Crippen molar-refractivity contribution < 1.29 is 19.4 Å². The number of fused-ring (bicyclic) bond motifs is 5. The zero-order valence-corrected chi connectivity index (χ0v) is 24.5. The van der Waals surface area contributed by atoms with Crippen molar-refractivity contribution in [2.24, 2.45) is 34.5 Å². The molecule has 2 unspecified atom stereocenters. The minimum atomic E-state index is -1.83. The Labute approximate surface area is 214 Å². The first kappa shape index (κ1) is 27.3. The van der Waals surface area contributed by atoms with E-state index in [0.29, 0.717) is 36.5 Å². The first-order valence-corrected chi connectivity index (χ1v) is 17.5. The van der Waals surface area contributed by atoms with Crippen molar-refractivity contribution in [2.75, 3.05) is 0 Å². The molecule has 0 aromatic heterocycles. The lowest BCUT2D eigenvalue weighted by molar-refractivity contribution is -0.169. The van der Waals surface area contributed by atoms with E-state index in [-0.39, 0.29) is 16.6 Å². The van der Waals surface area contributed by atoms with Gasteiger partial charge in [0, 0.05) is 19.3 Å². The highest BCUT2D eigenvalue weighted by Gasteiger charge is 2.58. The van der Waals surface area contributed by atoms with Gasteiger partial charge in [0.2, 0.25) is 0 Å². The highest BCUT2D eigenvalue weighted by molar-refractivity contribution is 6.69. The maximum Gasteiger partial charge on any atom is 0.187 e. The van der Waals surface area contributed by atoms with Crippen molar-refractivity contribution in [2.45, 2.75) is 123 Å². The lowest BCUT2D eigenvalue weighted by atomic mass is 9.49. The predicted octanol–water partition coefficient (Wildman–Crippen LogP) is 6.78. The molecule has 0 aromatic rings. The van der Waals surface area contributed by atoms with Gasteiger partial charge in [-0.2, -0.15) is 0 Å². The molecule has 0 radical (unpaired) electrons. The van der Waals surface area contributed by atoms with Crippen LogP contribution in [0.25, 0.3) is 0 Å². The van der Waals surface area contributed by atoms with Crippen LogP contribution in [0.15, 0.2) is 23.3 Å². The molecule has 0 saturated heterocycles. The fourth-order valence-corrected chi connectivity index (χ4v) is 9.77. The van der Waals surface area contributed by atoms with E-state index in [1.165, 1.54) is 31.3 Å². The third-order valence-corrected chi connectivity index (χ3v) is 11.4. The van der Waals surface area contributed by atoms with Gasteiger partial charge >= 0.3 is 0 Å². The second-order valence-corrected chi connectivity index (χ2v) is 18.9. The first-order valence-electron chi connectivity index (χ1n) is 14.1. The van der Waals surface area contributed by atoms with Gasteiger partial charge in [0.25, 0.3) is 0 Å². The summed E-state index contributed by atoms with van der Waals surface area (Å²) in [5, 5.41) is 21.3. The molecule has 0 spiro atoms. The molecule has 0 aliphatic heterocycles. The van der Waals surface area contributed by atoms with Crippen molar-refractivity contribution in [3.05, 3.63) is 23.3 Å². The zero-order valence-electron chi connectivity index (χ0n) is 23.5. The van der Waals surface area contributed by atoms with Gasteiger partial charge in [-0.05, 0) is 107 Å². The highest BCUT2D eigenvalue weighted by Crippen LogP contribution is 2.66. The van der Waals surface area contributed by atoms with E-state index in [4.69, 9.17) is 4.43 Å². The van der Waals surface area contributed by atoms with E-state index in [1.807, 2.05) is 0 Å². The summed E-state index contributed by atoms with van der Waals surface area (Å²) in [6, 6.07) is 0. The van der Waals surface area contributed by atoms with Crippen molar-refractivity contribution in [3.63, 3.8) is 0 Å². The van der Waals surface area contributed by atoms with E-state index in [9.17, 15) is 15.0 Å². The number of hydrogen-bond acceptors (Lipinski definition) is 4. The zero-order chi connectivity index (χ0) is 26.0. The molecule has 2 N–H and O–H groups in total. The molecule has 0 aromatic carbocycles. The second-order valence-electron chi connectivity index (χ2n) is 14.4. The molecule has 4 rings (SSSR count). The third kappa shape index (κ3) is 5.04. The van der Waals surface area contributed by atoms with Gasteiger partial charge in [-0.25, -0.2) is 0 Å². The van der Waals surface area contributed by atoms with Crippen LogP contribution in [0.1, 0.15) is 92.4 Å². The molecule has 4 aliphatic rings. The van der Waals surface area contributed by atoms with Crippen LogP contribution in [0.5, 0.6) is 0 Å². The van der Waals surface area contributed by atoms with Gasteiger partial charge in [0.05, 0.1) is 0 Å². The molecule has 198 valence electrons. The van der Waals surface area contributed by atoms with Crippen LogP contribution < -0.4 is 0 Å². The standard InChI is InChI=1S/C30H50O4Si/c1-20(9-14-26(31)27(2,3)32)23-12-13-24-22-11-10-21-19-30(33,34-35(6,7)8)18-17-28(21,4)25(22)15-16-29(23,24)5/h10-11,20,23-25,32-33H,9,12-19H2,1-8H3/t20-,23-,24?,25?,28+,29-,30-/m1/s1. The monoisotopic (exact) mass is 502 g/mol. The summed E-state index contributed by atoms with van der Waals surface area (Å²) >= 11 is 0. The topological polar surface area (TPSA) is 66.8 Å². The van der Waals surface area contributed by atoms with Gasteiger partial charge in [-0.1, -0.05) is 44.1 Å². The quantitative estimate of drug-likeness (QED) is 0.297. The lowest BCUT2D eigenvalue weighted by Gasteiger charge is -2.56. The van der Waals surface area contributed by atoms with Crippen molar-refractivity contribution in [1.29, 1.82) is 0 Å². The Morgan fingerprint density at radius 1 is 1.11 bits per heavy atom. The van der Waals surface area contributed by atoms with Crippen LogP contribution in [-0.4, -0.2) is 35.7 Å². The molecule has 7 atom stereocenters. The SMILES string of the molecule is C[C@H](CCC(=O)C(C)(C)O)[C@H]1CCC2C3=CC=C4C[C@](O)(O[Si](C)(C)C)CC[C@]4(C)C3CC[C@@]21C. The average Bonchev–Trinajstić information content (AvgIpc) is 3.07. The fourth-order valence-electron chi connectivity index (χ4n) is 8.46. The molecule has 3 fully saturated rings. The van der Waals surface area contributed by atoms with Crippen LogP contribution in [-0.2, 0) is 9.22 Å². The number of hydrogen-bond donors (Lipinski definition) is 2. The number of carbonyl (C=O) groups is 1. The van der Waals surface area contributed by atoms with Crippen molar-refractivity contribution in [3.8, 4) is 0 Å². The Bertz CT molecular complexity index is 908. The number of aliphatic hydroxyl groups is 2. The maximum atomic E-state index is 12.3. The Morgan fingerprint density at radius 2 is 1.80 bits per heavy atom. The number of ketones is 1. The molecule has 0 heterocycles. The van der Waals surface area contributed by atoms with Gasteiger partial charge < -0.3 is 14.6 Å². The minimum Gasteiger partial charge on any atom is -0.391 e. The van der Waals surface area contributed by atoms with Gasteiger partial charge in [0.1, 0.15) is 5.60 Å². The Kier molecular flexibility index (Phi) is 6.96. The average molecular weight is 503 g/mol. The normalized spacial score (nSPS) is 40.2. The van der Waals surface area contributed by atoms with Crippen LogP contribution in [0.3, 0.4) is 0 Å². The summed E-state index contributed by atoms with van der Waals surface area (Å²) in [4.78, 5) is 12.3. The summed E-state index contributed by atoms with van der Waals surface area (Å²) in [5.41, 5.74) is 2.23. The number of Topliss-reactive ketones (excluding diaryl/α,β-unsaturated/α-hetero) is 1. The molecule has 4 aliphatic carbocycles. The van der Waals surface area contributed by atoms with Gasteiger partial charge in [-0.15, -0.1) is 0 Å². The number of carbonyl (C=O) groups excluding carboxylic acids is 1. The number of allylic oxidation sites excluding steroid dienone is 3. The molecule has 0 amide bonds. The maximum absolute atomic E-state index is 12.3. The van der Waals surface area contributed by atoms with E-state index < -0.39 is 19.7 Å². The Morgan fingerprint density at radius 3 is 2.43 bits per heavy atom. The molecule has 4 nitrogen and oxygen atoms in total. The molecule has 3 saturated carbocycles. The van der Waals surface area contributed by atoms with Crippen LogP contribution in [0, 0.1) is 34.5 Å². The van der Waals surface area contributed by atoms with E-state index in [0.717, 1.165) is 19.3 Å². The van der Waals surface area contributed by atoms with Crippen LogP contribution in [0.4, 0.5) is 0 Å². The van der Waals surface area contributed by atoms with Gasteiger partial charge in [-0.3, -0.25) is 4.79 Å². The molecule has 35 heavy (non-hydrogen) atoms. The molecule has 5 heteroatoms. The summed E-state index contributed by atoms with van der Waals surface area (Å²) in [7, 11) is -1.83. The minimum absolute atomic E-state index is 0.0382. The molecular weight excluding hydrogens is 452 g/mol.